The van der Waals surface area contributed by atoms with E-state index in [1.165, 1.54) is 11.1 Å². The number of hydrogen-bond donors (Lipinski definition) is 2. The van der Waals surface area contributed by atoms with Crippen LogP contribution in [0.2, 0.25) is 0 Å². The number of aromatic nitrogens is 3. The molecule has 7 rings (SSSR count). The van der Waals surface area contributed by atoms with Gasteiger partial charge in [-0.05, 0) is 73.1 Å². The summed E-state index contributed by atoms with van der Waals surface area (Å²) in [5, 5.41) is 13.0. The number of nitrogens with one attached hydrogen (secondary N) is 2. The molecule has 2 N–H and O–H groups in total. The van der Waals surface area contributed by atoms with E-state index in [0.29, 0.717) is 18.2 Å². The Hall–Kier alpha value is -4.59. The van der Waals surface area contributed by atoms with Crippen LogP contribution in [0.25, 0.3) is 32.9 Å². The zero-order chi connectivity index (χ0) is 29.3. The number of anilines is 1. The number of hydrogen-bond acceptors (Lipinski definition) is 4. The van der Waals surface area contributed by atoms with Crippen LogP contribution in [0, 0.1) is 19.8 Å². The van der Waals surface area contributed by atoms with E-state index in [-0.39, 0.29) is 18.4 Å². The molecule has 5 aromatic rings. The number of fused-ring (bicyclic) bond motifs is 10. The molecule has 2 aliphatic rings. The molecule has 8 nitrogen and oxygen atoms in total. The minimum absolute atomic E-state index is 0.0276. The third-order valence-electron chi connectivity index (χ3n) is 8.58. The van der Waals surface area contributed by atoms with Gasteiger partial charge in [-0.3, -0.25) is 14.3 Å². The Bertz CT molecular complexity index is 1920. The Kier molecular flexibility index (Phi) is 6.11. The molecule has 42 heavy (non-hydrogen) atoms. The van der Waals surface area contributed by atoms with Crippen molar-refractivity contribution in [2.24, 2.45) is 13.0 Å². The third-order valence-corrected chi connectivity index (χ3v) is 8.58. The van der Waals surface area contributed by atoms with Crippen LogP contribution in [0.15, 0.2) is 42.6 Å². The molecule has 0 fully saturated rings. The quantitative estimate of drug-likeness (QED) is 0.273. The number of nitrogens with zero attached hydrogens (tertiary/aromatic N) is 3. The molecule has 0 spiro atoms. The average Bonchev–Trinajstić information content (AvgIpc) is 3.62. The molecule has 3 aromatic carbocycles. The molecule has 0 bridgehead atoms. The van der Waals surface area contributed by atoms with Gasteiger partial charge in [0.15, 0.2) is 6.61 Å². The number of rotatable bonds is 6. The summed E-state index contributed by atoms with van der Waals surface area (Å²) in [5.41, 5.74) is 11.3. The zero-order valence-electron chi connectivity index (χ0n) is 24.7. The summed E-state index contributed by atoms with van der Waals surface area (Å²) < 4.78 is 10.3. The molecule has 0 saturated carbocycles. The number of carbonyl (C=O) groups is 2. The van der Waals surface area contributed by atoms with Crippen molar-refractivity contribution in [2.75, 3.05) is 11.9 Å². The molecular formula is C34H35N5O3. The summed E-state index contributed by atoms with van der Waals surface area (Å²) >= 11 is 0. The van der Waals surface area contributed by atoms with Gasteiger partial charge in [-0.25, -0.2) is 0 Å². The first kappa shape index (κ1) is 26.3. The van der Waals surface area contributed by atoms with Crippen LogP contribution in [0.5, 0.6) is 5.75 Å². The lowest BCUT2D eigenvalue weighted by molar-refractivity contribution is -0.118. The fourth-order valence-corrected chi connectivity index (χ4v) is 6.88. The van der Waals surface area contributed by atoms with Crippen molar-refractivity contribution < 1.29 is 14.3 Å². The van der Waals surface area contributed by atoms with Gasteiger partial charge in [0.1, 0.15) is 5.75 Å². The monoisotopic (exact) mass is 561 g/mol. The molecule has 3 heterocycles. The first-order chi connectivity index (χ1) is 20.2. The summed E-state index contributed by atoms with van der Waals surface area (Å²) in [5.74, 6) is 0.822. The van der Waals surface area contributed by atoms with Crippen LogP contribution in [0.3, 0.4) is 0 Å². The summed E-state index contributed by atoms with van der Waals surface area (Å²) in [7, 11) is 1.94. The van der Waals surface area contributed by atoms with Crippen molar-refractivity contribution in [3.05, 3.63) is 76.1 Å². The summed E-state index contributed by atoms with van der Waals surface area (Å²) in [6.45, 7) is 9.66. The van der Waals surface area contributed by atoms with Gasteiger partial charge in [-0.15, -0.1) is 0 Å². The first-order valence-corrected chi connectivity index (χ1v) is 14.6. The van der Waals surface area contributed by atoms with E-state index in [9.17, 15) is 9.59 Å². The Labute approximate surface area is 244 Å². The lowest BCUT2D eigenvalue weighted by Crippen LogP contribution is -2.21. The molecule has 0 radical (unpaired) electrons. The normalized spacial score (nSPS) is 13.8. The van der Waals surface area contributed by atoms with E-state index in [4.69, 9.17) is 9.84 Å². The number of ether oxygens (including phenoxy) is 1. The van der Waals surface area contributed by atoms with Gasteiger partial charge in [0.25, 0.3) is 11.8 Å². The molecule has 1 aliphatic heterocycles. The number of para-hydroxylation sites is 1. The van der Waals surface area contributed by atoms with E-state index in [1.807, 2.05) is 55.9 Å². The minimum Gasteiger partial charge on any atom is -0.484 e. The maximum atomic E-state index is 13.3. The highest BCUT2D eigenvalue weighted by Crippen LogP contribution is 2.47. The molecule has 2 aromatic heterocycles. The number of amides is 2. The predicted octanol–water partition coefficient (Wildman–Crippen LogP) is 5.83. The lowest BCUT2D eigenvalue weighted by Gasteiger charge is -2.22. The lowest BCUT2D eigenvalue weighted by atomic mass is 9.82. The van der Waals surface area contributed by atoms with E-state index in [2.05, 4.69) is 41.3 Å². The number of benzene rings is 3. The average molecular weight is 562 g/mol. The second kappa shape index (κ2) is 9.76. The summed E-state index contributed by atoms with van der Waals surface area (Å²) in [4.78, 5) is 26.2. The highest BCUT2D eigenvalue weighted by molar-refractivity contribution is 6.19. The molecule has 2 amide bonds. The SMILES string of the molecule is Cc1cccc(C)c1NC(=O)COc1ccc2c(c1)c1c3c(c4c(c1n2CC(C)C)CCc1nn(C)cc1-4)C(=O)NC3. The van der Waals surface area contributed by atoms with Crippen LogP contribution in [-0.4, -0.2) is 32.8 Å². The van der Waals surface area contributed by atoms with Gasteiger partial charge in [0.05, 0.1) is 16.8 Å². The van der Waals surface area contributed by atoms with Crippen LogP contribution in [0.4, 0.5) is 5.69 Å². The smallest absolute Gasteiger partial charge is 0.262 e. The molecule has 0 atom stereocenters. The maximum Gasteiger partial charge on any atom is 0.262 e. The molecule has 0 unspecified atom stereocenters. The van der Waals surface area contributed by atoms with Gasteiger partial charge in [-0.2, -0.15) is 5.10 Å². The highest BCUT2D eigenvalue weighted by atomic mass is 16.5. The first-order valence-electron chi connectivity index (χ1n) is 14.6. The van der Waals surface area contributed by atoms with Gasteiger partial charge in [-0.1, -0.05) is 32.0 Å². The fraction of sp³-hybridized carbons (Fsp3) is 0.324. The third kappa shape index (κ3) is 4.08. The number of carbonyl (C=O) groups excluding carboxylic acids is 2. The van der Waals surface area contributed by atoms with Crippen molar-refractivity contribution in [1.29, 1.82) is 0 Å². The Morgan fingerprint density at radius 3 is 2.64 bits per heavy atom. The van der Waals surface area contributed by atoms with E-state index >= 15 is 0 Å². The molecule has 214 valence electrons. The van der Waals surface area contributed by atoms with Gasteiger partial charge < -0.3 is 19.9 Å². The molecular weight excluding hydrogens is 526 g/mol. The topological polar surface area (TPSA) is 90.2 Å². The van der Waals surface area contributed by atoms with Crippen molar-refractivity contribution >= 4 is 39.3 Å². The van der Waals surface area contributed by atoms with Crippen LogP contribution in [-0.2, 0) is 37.8 Å². The zero-order valence-corrected chi connectivity index (χ0v) is 24.7. The van der Waals surface area contributed by atoms with Crippen LogP contribution >= 0.6 is 0 Å². The molecule has 1 aliphatic carbocycles. The molecule has 0 saturated heterocycles. The fourth-order valence-electron chi connectivity index (χ4n) is 6.88. The summed E-state index contributed by atoms with van der Waals surface area (Å²) in [6.07, 6.45) is 3.72. The maximum absolute atomic E-state index is 13.3. The van der Waals surface area contributed by atoms with Crippen molar-refractivity contribution in [3.8, 4) is 16.9 Å². The van der Waals surface area contributed by atoms with E-state index < -0.39 is 0 Å². The second-order valence-electron chi connectivity index (χ2n) is 12.1. The second-order valence-corrected chi connectivity index (χ2v) is 12.1. The summed E-state index contributed by atoms with van der Waals surface area (Å²) in [6, 6.07) is 12.0. The van der Waals surface area contributed by atoms with Gasteiger partial charge in [0, 0.05) is 59.4 Å². The van der Waals surface area contributed by atoms with Gasteiger partial charge in [0.2, 0.25) is 0 Å². The largest absolute Gasteiger partial charge is 0.484 e. The Morgan fingerprint density at radius 2 is 1.88 bits per heavy atom. The Morgan fingerprint density at radius 1 is 1.10 bits per heavy atom. The van der Waals surface area contributed by atoms with Crippen LogP contribution in [0.1, 0.15) is 52.2 Å². The molecule has 8 heteroatoms. The predicted molar refractivity (Wildman–Crippen MR) is 165 cm³/mol. The van der Waals surface area contributed by atoms with E-state index in [0.717, 1.165) is 80.4 Å². The van der Waals surface area contributed by atoms with Crippen molar-refractivity contribution in [2.45, 2.75) is 53.6 Å². The van der Waals surface area contributed by atoms with E-state index in [1.54, 1.807) is 0 Å². The standard InChI is InChI=1S/C34H35N5O3/c1-18(2)15-39-27-12-9-21(42-17-28(40)36-32-19(3)7-6-8-20(32)4)13-23(27)30-24-14-35-34(41)31(24)29-22(33(30)39)10-11-26-25(29)16-38(5)37-26/h6-9,12-13,16,18H,10-11,14-15,17H2,1-5H3,(H,35,41)(H,36,40). The van der Waals surface area contributed by atoms with Crippen molar-refractivity contribution in [3.63, 3.8) is 0 Å². The highest BCUT2D eigenvalue weighted by Gasteiger charge is 2.35. The minimum atomic E-state index is -0.202. The van der Waals surface area contributed by atoms with Crippen molar-refractivity contribution in [1.82, 2.24) is 19.7 Å². The Balaban J connectivity index is 1.36. The number of aryl methyl sites for hydroxylation is 5. The van der Waals surface area contributed by atoms with Crippen LogP contribution < -0.4 is 15.4 Å². The van der Waals surface area contributed by atoms with Gasteiger partial charge >= 0.3 is 0 Å².